The van der Waals surface area contributed by atoms with Gasteiger partial charge < -0.3 is 10.5 Å². The number of esters is 1. The van der Waals surface area contributed by atoms with Gasteiger partial charge >= 0.3 is 5.97 Å². The van der Waals surface area contributed by atoms with Gasteiger partial charge in [-0.05, 0) is 36.2 Å². The number of carbonyl (C=O) groups excluding carboxylic acids is 1. The minimum absolute atomic E-state index is 0.00644. The molecular weight excluding hydrogens is 270 g/mol. The molecule has 0 bridgehead atoms. The van der Waals surface area contributed by atoms with E-state index in [0.717, 1.165) is 24.8 Å². The molecule has 1 heterocycles. The standard InChI is InChI=1S/C16H21NO2S/c1-5-8-19-15(18)13-11-7-6-10(16(2,3)4)9-12(11)20-14(13)17/h1,10H,6-9,17H2,2-4H3. The van der Waals surface area contributed by atoms with Gasteiger partial charge in [-0.15, -0.1) is 17.8 Å². The van der Waals surface area contributed by atoms with E-state index in [2.05, 4.69) is 26.7 Å². The van der Waals surface area contributed by atoms with Crippen LogP contribution in [0.25, 0.3) is 0 Å². The molecule has 0 fully saturated rings. The average Bonchev–Trinajstić information content (AvgIpc) is 2.69. The van der Waals surface area contributed by atoms with E-state index >= 15 is 0 Å². The van der Waals surface area contributed by atoms with E-state index in [0.29, 0.717) is 16.5 Å². The lowest BCUT2D eigenvalue weighted by Gasteiger charge is -2.33. The number of rotatable bonds is 2. The van der Waals surface area contributed by atoms with Crippen molar-refractivity contribution in [1.82, 2.24) is 0 Å². The number of nitrogens with two attached hydrogens (primary N) is 1. The first-order valence-corrected chi connectivity index (χ1v) is 7.66. The van der Waals surface area contributed by atoms with Gasteiger partial charge in [0.25, 0.3) is 0 Å². The van der Waals surface area contributed by atoms with Gasteiger partial charge in [0, 0.05) is 4.88 Å². The Morgan fingerprint density at radius 3 is 2.85 bits per heavy atom. The second kappa shape index (κ2) is 5.49. The molecule has 1 aliphatic rings. The first kappa shape index (κ1) is 14.9. The van der Waals surface area contributed by atoms with E-state index in [1.54, 1.807) is 0 Å². The van der Waals surface area contributed by atoms with Crippen LogP contribution in [0.15, 0.2) is 0 Å². The Bertz CT molecular complexity index is 560. The van der Waals surface area contributed by atoms with Crippen molar-refractivity contribution in [3.05, 3.63) is 16.0 Å². The molecule has 0 aromatic carbocycles. The van der Waals surface area contributed by atoms with Gasteiger partial charge in [0.15, 0.2) is 6.61 Å². The SMILES string of the molecule is C#CCOC(=O)c1c(N)sc2c1CCC(C(C)(C)C)C2. The number of anilines is 1. The molecule has 0 aliphatic heterocycles. The first-order valence-electron chi connectivity index (χ1n) is 6.85. The average molecular weight is 291 g/mol. The Morgan fingerprint density at radius 2 is 2.25 bits per heavy atom. The molecular formula is C16H21NO2S. The number of carbonyl (C=O) groups is 1. The third-order valence-corrected chi connectivity index (χ3v) is 5.09. The normalized spacial score (nSPS) is 18.2. The summed E-state index contributed by atoms with van der Waals surface area (Å²) >= 11 is 1.52. The van der Waals surface area contributed by atoms with Gasteiger partial charge in [-0.2, -0.15) is 0 Å². The predicted octanol–water partition coefficient (Wildman–Crippen LogP) is 3.27. The van der Waals surface area contributed by atoms with Crippen LogP contribution in [-0.2, 0) is 17.6 Å². The van der Waals surface area contributed by atoms with Crippen LogP contribution in [0.1, 0.15) is 48.0 Å². The lowest BCUT2D eigenvalue weighted by atomic mass is 9.72. The fourth-order valence-corrected chi connectivity index (χ4v) is 3.94. The first-order chi connectivity index (χ1) is 9.34. The molecule has 1 aromatic rings. The highest BCUT2D eigenvalue weighted by atomic mass is 32.1. The number of hydrogen-bond donors (Lipinski definition) is 1. The Balaban J connectivity index is 2.26. The molecule has 0 spiro atoms. The summed E-state index contributed by atoms with van der Waals surface area (Å²) in [6, 6.07) is 0. The maximum atomic E-state index is 12.0. The number of terminal acetylenes is 1. The summed E-state index contributed by atoms with van der Waals surface area (Å²) in [7, 11) is 0. The Morgan fingerprint density at radius 1 is 1.55 bits per heavy atom. The molecule has 0 saturated carbocycles. The second-order valence-electron chi connectivity index (χ2n) is 6.33. The Hall–Kier alpha value is -1.47. The van der Waals surface area contributed by atoms with Crippen LogP contribution in [0.4, 0.5) is 5.00 Å². The van der Waals surface area contributed by atoms with Crippen molar-refractivity contribution < 1.29 is 9.53 Å². The van der Waals surface area contributed by atoms with E-state index in [-0.39, 0.29) is 18.0 Å². The zero-order valence-corrected chi connectivity index (χ0v) is 13.1. The van der Waals surface area contributed by atoms with E-state index in [1.165, 1.54) is 16.2 Å². The molecule has 4 heteroatoms. The molecule has 2 rings (SSSR count). The quantitative estimate of drug-likeness (QED) is 0.672. The summed E-state index contributed by atoms with van der Waals surface area (Å²) < 4.78 is 5.03. The van der Waals surface area contributed by atoms with Gasteiger partial charge in [0.05, 0.1) is 5.56 Å². The molecule has 3 nitrogen and oxygen atoms in total. The molecule has 1 aliphatic carbocycles. The molecule has 1 atom stereocenters. The van der Waals surface area contributed by atoms with Crippen LogP contribution in [0.5, 0.6) is 0 Å². The molecule has 108 valence electrons. The number of ether oxygens (including phenoxy) is 1. The monoisotopic (exact) mass is 291 g/mol. The van der Waals surface area contributed by atoms with E-state index in [9.17, 15) is 4.79 Å². The molecule has 20 heavy (non-hydrogen) atoms. The van der Waals surface area contributed by atoms with Crippen LogP contribution >= 0.6 is 11.3 Å². The Labute approximate surface area is 124 Å². The highest BCUT2D eigenvalue weighted by molar-refractivity contribution is 7.16. The van der Waals surface area contributed by atoms with Gasteiger partial charge in [-0.3, -0.25) is 0 Å². The van der Waals surface area contributed by atoms with Gasteiger partial charge in [-0.1, -0.05) is 26.7 Å². The zero-order valence-electron chi connectivity index (χ0n) is 12.3. The molecule has 2 N–H and O–H groups in total. The van der Waals surface area contributed by atoms with Gasteiger partial charge in [-0.25, -0.2) is 4.79 Å². The van der Waals surface area contributed by atoms with E-state index in [4.69, 9.17) is 16.9 Å². The number of hydrogen-bond acceptors (Lipinski definition) is 4. The van der Waals surface area contributed by atoms with E-state index < -0.39 is 0 Å². The number of thiophene rings is 1. The van der Waals surface area contributed by atoms with Crippen LogP contribution in [-0.4, -0.2) is 12.6 Å². The van der Waals surface area contributed by atoms with Crippen molar-refractivity contribution in [2.75, 3.05) is 12.3 Å². The topological polar surface area (TPSA) is 52.3 Å². The fourth-order valence-electron chi connectivity index (χ4n) is 2.75. The lowest BCUT2D eigenvalue weighted by Crippen LogP contribution is -2.26. The summed E-state index contributed by atoms with van der Waals surface area (Å²) in [6.45, 7) is 6.79. The van der Waals surface area contributed by atoms with Crippen LogP contribution in [0.3, 0.4) is 0 Å². The number of fused-ring (bicyclic) bond motifs is 1. The van der Waals surface area contributed by atoms with Crippen LogP contribution in [0, 0.1) is 23.7 Å². The fraction of sp³-hybridized carbons (Fsp3) is 0.562. The lowest BCUT2D eigenvalue weighted by molar-refractivity contribution is 0.0556. The Kier molecular flexibility index (Phi) is 4.10. The summed E-state index contributed by atoms with van der Waals surface area (Å²) in [5, 5.41) is 0.562. The summed E-state index contributed by atoms with van der Waals surface area (Å²) in [5.74, 6) is 2.55. The van der Waals surface area contributed by atoms with Crippen molar-refractivity contribution in [3.8, 4) is 12.3 Å². The van der Waals surface area contributed by atoms with E-state index in [1.807, 2.05) is 0 Å². The third kappa shape index (κ3) is 2.83. The van der Waals surface area contributed by atoms with Crippen molar-refractivity contribution in [3.63, 3.8) is 0 Å². The molecule has 0 amide bonds. The summed E-state index contributed by atoms with van der Waals surface area (Å²) in [4.78, 5) is 13.3. The highest BCUT2D eigenvalue weighted by Crippen LogP contribution is 2.43. The predicted molar refractivity (Wildman–Crippen MR) is 82.8 cm³/mol. The highest BCUT2D eigenvalue weighted by Gasteiger charge is 2.33. The zero-order chi connectivity index (χ0) is 14.9. The molecule has 1 unspecified atom stereocenters. The second-order valence-corrected chi connectivity index (χ2v) is 7.47. The van der Waals surface area contributed by atoms with Crippen molar-refractivity contribution >= 4 is 22.3 Å². The van der Waals surface area contributed by atoms with Gasteiger partial charge in [0.2, 0.25) is 0 Å². The maximum Gasteiger partial charge on any atom is 0.342 e. The number of nitrogen functional groups attached to an aromatic ring is 1. The van der Waals surface area contributed by atoms with Crippen molar-refractivity contribution in [2.24, 2.45) is 11.3 Å². The minimum atomic E-state index is -0.382. The maximum absolute atomic E-state index is 12.0. The third-order valence-electron chi connectivity index (χ3n) is 4.01. The molecule has 1 aromatic heterocycles. The van der Waals surface area contributed by atoms with Crippen molar-refractivity contribution in [2.45, 2.75) is 40.0 Å². The largest absolute Gasteiger partial charge is 0.449 e. The molecule has 0 saturated heterocycles. The molecule has 0 radical (unpaired) electrons. The van der Waals surface area contributed by atoms with Crippen LogP contribution in [0.2, 0.25) is 0 Å². The smallest absolute Gasteiger partial charge is 0.342 e. The minimum Gasteiger partial charge on any atom is -0.449 e. The van der Waals surface area contributed by atoms with Crippen LogP contribution < -0.4 is 5.73 Å². The van der Waals surface area contributed by atoms with Gasteiger partial charge in [0.1, 0.15) is 5.00 Å². The summed E-state index contributed by atoms with van der Waals surface area (Å²) in [6.07, 6.45) is 8.09. The summed E-state index contributed by atoms with van der Waals surface area (Å²) in [5.41, 5.74) is 7.92. The van der Waals surface area contributed by atoms with Crippen molar-refractivity contribution in [1.29, 1.82) is 0 Å².